The average Bonchev–Trinajstić information content (AvgIpc) is 3.05. The molecule has 0 bridgehead atoms. The lowest BCUT2D eigenvalue weighted by atomic mass is 10.2. The van der Waals surface area contributed by atoms with Crippen molar-refractivity contribution in [1.82, 2.24) is 20.8 Å². The monoisotopic (exact) mass is 348 g/mol. The second-order valence-electron chi connectivity index (χ2n) is 5.94. The van der Waals surface area contributed by atoms with E-state index in [1.165, 1.54) is 24.3 Å². The first-order valence-corrected chi connectivity index (χ1v) is 8.03. The van der Waals surface area contributed by atoms with Crippen molar-refractivity contribution in [3.63, 3.8) is 0 Å². The van der Waals surface area contributed by atoms with Crippen LogP contribution in [0.3, 0.4) is 0 Å². The van der Waals surface area contributed by atoms with Gasteiger partial charge in [-0.2, -0.15) is 0 Å². The summed E-state index contributed by atoms with van der Waals surface area (Å²) in [6.07, 6.45) is 0.0997. The normalized spacial score (nSPS) is 12.0. The molecule has 0 saturated carbocycles. The van der Waals surface area contributed by atoms with Crippen LogP contribution < -0.4 is 10.6 Å². The van der Waals surface area contributed by atoms with Gasteiger partial charge in [-0.15, -0.1) is 10.2 Å². The van der Waals surface area contributed by atoms with E-state index in [9.17, 15) is 14.0 Å². The Kier molecular flexibility index (Phi) is 6.21. The first-order chi connectivity index (χ1) is 11.9. The number of hydrogen-bond acceptors (Lipinski definition) is 5. The van der Waals surface area contributed by atoms with Crippen molar-refractivity contribution in [3.8, 4) is 0 Å². The van der Waals surface area contributed by atoms with E-state index in [1.54, 1.807) is 6.92 Å². The molecule has 0 radical (unpaired) electrons. The third-order valence-electron chi connectivity index (χ3n) is 3.44. The van der Waals surface area contributed by atoms with Gasteiger partial charge in [-0.3, -0.25) is 9.59 Å². The van der Waals surface area contributed by atoms with E-state index in [0.29, 0.717) is 17.3 Å². The fourth-order valence-electron chi connectivity index (χ4n) is 2.02. The zero-order valence-corrected chi connectivity index (χ0v) is 14.4. The van der Waals surface area contributed by atoms with E-state index in [4.69, 9.17) is 4.42 Å². The van der Waals surface area contributed by atoms with Gasteiger partial charge < -0.3 is 15.1 Å². The minimum atomic E-state index is -0.416. The van der Waals surface area contributed by atoms with Crippen LogP contribution in [-0.2, 0) is 4.79 Å². The molecule has 1 heterocycles. The minimum absolute atomic E-state index is 0.0997. The van der Waals surface area contributed by atoms with Gasteiger partial charge in [-0.05, 0) is 31.2 Å². The predicted octanol–water partition coefficient (Wildman–Crippen LogP) is 2.33. The molecular formula is C17H21FN4O3. The summed E-state index contributed by atoms with van der Waals surface area (Å²) in [6, 6.07) is 4.77. The molecule has 134 valence electrons. The SMILES string of the molecule is CC(C)c1nnc([C@H](C)NC(=O)CCNC(=O)c2ccc(F)cc2)o1. The molecule has 0 fully saturated rings. The molecule has 1 aromatic carbocycles. The first kappa shape index (κ1) is 18.6. The Morgan fingerprint density at radius 3 is 2.36 bits per heavy atom. The highest BCUT2D eigenvalue weighted by atomic mass is 19.1. The molecule has 2 N–H and O–H groups in total. The second kappa shape index (κ2) is 8.36. The molecule has 0 unspecified atom stereocenters. The molecule has 2 amide bonds. The van der Waals surface area contributed by atoms with Crippen molar-refractivity contribution in [1.29, 1.82) is 0 Å². The van der Waals surface area contributed by atoms with Gasteiger partial charge >= 0.3 is 0 Å². The highest BCUT2D eigenvalue weighted by Crippen LogP contribution is 2.16. The Bertz CT molecular complexity index is 728. The van der Waals surface area contributed by atoms with E-state index in [-0.39, 0.29) is 30.7 Å². The third kappa shape index (κ3) is 5.37. The van der Waals surface area contributed by atoms with Crippen molar-refractivity contribution in [2.45, 2.75) is 39.2 Å². The quantitative estimate of drug-likeness (QED) is 0.800. The lowest BCUT2D eigenvalue weighted by Crippen LogP contribution is -2.32. The summed E-state index contributed by atoms with van der Waals surface area (Å²) in [5.74, 6) is -0.0528. The number of nitrogens with one attached hydrogen (secondary N) is 2. The molecule has 0 saturated heterocycles. The van der Waals surface area contributed by atoms with Crippen LogP contribution in [0.2, 0.25) is 0 Å². The van der Waals surface area contributed by atoms with Gasteiger partial charge in [0.2, 0.25) is 17.7 Å². The number of amides is 2. The number of hydrogen-bond donors (Lipinski definition) is 2. The van der Waals surface area contributed by atoms with Gasteiger partial charge in [0.1, 0.15) is 11.9 Å². The Morgan fingerprint density at radius 1 is 1.12 bits per heavy atom. The van der Waals surface area contributed by atoms with E-state index in [1.807, 2.05) is 13.8 Å². The van der Waals surface area contributed by atoms with Crippen LogP contribution in [0.1, 0.15) is 61.3 Å². The largest absolute Gasteiger partial charge is 0.423 e. The maximum absolute atomic E-state index is 12.8. The third-order valence-corrected chi connectivity index (χ3v) is 3.44. The van der Waals surface area contributed by atoms with Crippen molar-refractivity contribution in [3.05, 3.63) is 47.4 Å². The van der Waals surface area contributed by atoms with Crippen molar-refractivity contribution >= 4 is 11.8 Å². The van der Waals surface area contributed by atoms with E-state index in [2.05, 4.69) is 20.8 Å². The summed E-state index contributed by atoms with van der Waals surface area (Å²) in [5.41, 5.74) is 0.335. The van der Waals surface area contributed by atoms with Gasteiger partial charge in [0, 0.05) is 24.4 Å². The molecule has 1 aromatic heterocycles. The van der Waals surface area contributed by atoms with Crippen LogP contribution in [0.4, 0.5) is 4.39 Å². The summed E-state index contributed by atoms with van der Waals surface area (Å²) in [6.45, 7) is 5.77. The first-order valence-electron chi connectivity index (χ1n) is 8.03. The van der Waals surface area contributed by atoms with Crippen LogP contribution in [-0.4, -0.2) is 28.6 Å². The number of aromatic nitrogens is 2. The van der Waals surface area contributed by atoms with Crippen LogP contribution in [0.15, 0.2) is 28.7 Å². The summed E-state index contributed by atoms with van der Waals surface area (Å²) in [7, 11) is 0. The van der Waals surface area contributed by atoms with Crippen molar-refractivity contribution in [2.75, 3.05) is 6.54 Å². The highest BCUT2D eigenvalue weighted by Gasteiger charge is 2.17. The van der Waals surface area contributed by atoms with Crippen molar-refractivity contribution in [2.24, 2.45) is 0 Å². The van der Waals surface area contributed by atoms with Crippen LogP contribution in [0.25, 0.3) is 0 Å². The summed E-state index contributed by atoms with van der Waals surface area (Å²) >= 11 is 0. The number of benzene rings is 1. The number of carbonyl (C=O) groups is 2. The lowest BCUT2D eigenvalue weighted by molar-refractivity contribution is -0.121. The summed E-state index contributed by atoms with van der Waals surface area (Å²) < 4.78 is 18.3. The molecule has 25 heavy (non-hydrogen) atoms. The molecule has 0 aliphatic rings. The molecule has 2 rings (SSSR count). The van der Waals surface area contributed by atoms with Gasteiger partial charge in [0.05, 0.1) is 0 Å². The second-order valence-corrected chi connectivity index (χ2v) is 5.94. The Balaban J connectivity index is 1.76. The zero-order valence-electron chi connectivity index (χ0n) is 14.4. The van der Waals surface area contributed by atoms with Gasteiger partial charge in [0.25, 0.3) is 5.91 Å². The van der Waals surface area contributed by atoms with Crippen LogP contribution in [0, 0.1) is 5.82 Å². The number of halogens is 1. The van der Waals surface area contributed by atoms with Gasteiger partial charge in [-0.1, -0.05) is 13.8 Å². The number of nitrogens with zero attached hydrogens (tertiary/aromatic N) is 2. The standard InChI is InChI=1S/C17H21FN4O3/c1-10(2)16-21-22-17(25-16)11(3)20-14(23)8-9-19-15(24)12-4-6-13(18)7-5-12/h4-7,10-11H,8-9H2,1-3H3,(H,19,24)(H,20,23)/t11-/m0/s1. The lowest BCUT2D eigenvalue weighted by Gasteiger charge is -2.10. The zero-order chi connectivity index (χ0) is 18.4. The van der Waals surface area contributed by atoms with E-state index < -0.39 is 11.9 Å². The number of carbonyl (C=O) groups excluding carboxylic acids is 2. The van der Waals surface area contributed by atoms with Crippen LogP contribution in [0.5, 0.6) is 0 Å². The molecule has 2 aromatic rings. The molecule has 1 atom stereocenters. The molecule has 0 aliphatic heterocycles. The maximum atomic E-state index is 12.8. The maximum Gasteiger partial charge on any atom is 0.251 e. The highest BCUT2D eigenvalue weighted by molar-refractivity contribution is 5.94. The Morgan fingerprint density at radius 2 is 1.76 bits per heavy atom. The topological polar surface area (TPSA) is 97.1 Å². The molecule has 8 heteroatoms. The van der Waals surface area contributed by atoms with Gasteiger partial charge in [-0.25, -0.2) is 4.39 Å². The summed E-state index contributed by atoms with van der Waals surface area (Å²) in [5, 5.41) is 13.2. The predicted molar refractivity (Wildman–Crippen MR) is 88.3 cm³/mol. The molecule has 7 nitrogen and oxygen atoms in total. The van der Waals surface area contributed by atoms with E-state index >= 15 is 0 Å². The Hall–Kier alpha value is -2.77. The average molecular weight is 348 g/mol. The van der Waals surface area contributed by atoms with Crippen LogP contribution >= 0.6 is 0 Å². The smallest absolute Gasteiger partial charge is 0.251 e. The minimum Gasteiger partial charge on any atom is -0.423 e. The Labute approximate surface area is 145 Å². The number of rotatable bonds is 7. The molecule has 0 spiro atoms. The molecule has 0 aliphatic carbocycles. The van der Waals surface area contributed by atoms with Crippen molar-refractivity contribution < 1.29 is 18.4 Å². The fourth-order valence-corrected chi connectivity index (χ4v) is 2.02. The van der Waals surface area contributed by atoms with Gasteiger partial charge in [0.15, 0.2) is 0 Å². The molecular weight excluding hydrogens is 327 g/mol. The van der Waals surface area contributed by atoms with E-state index in [0.717, 1.165) is 0 Å². The fraction of sp³-hybridized carbons (Fsp3) is 0.412. The summed E-state index contributed by atoms with van der Waals surface area (Å²) in [4.78, 5) is 23.8.